The summed E-state index contributed by atoms with van der Waals surface area (Å²) in [5.74, 6) is 0.838. The van der Waals surface area contributed by atoms with Gasteiger partial charge in [-0.05, 0) is 42.8 Å². The number of aromatic nitrogens is 2. The van der Waals surface area contributed by atoms with Gasteiger partial charge in [-0.1, -0.05) is 30.3 Å². The van der Waals surface area contributed by atoms with Crippen LogP contribution in [0.5, 0.6) is 5.75 Å². The van der Waals surface area contributed by atoms with Crippen molar-refractivity contribution in [3.8, 4) is 17.0 Å². The molecule has 1 aromatic heterocycles. The van der Waals surface area contributed by atoms with Crippen molar-refractivity contribution in [1.82, 2.24) is 20.0 Å². The fourth-order valence-corrected chi connectivity index (χ4v) is 3.59. The second-order valence-electron chi connectivity index (χ2n) is 7.18. The first kappa shape index (κ1) is 19.2. The van der Waals surface area contributed by atoms with Crippen LogP contribution in [-0.4, -0.2) is 58.7 Å². The quantitative estimate of drug-likeness (QED) is 0.700. The first-order chi connectivity index (χ1) is 14.2. The van der Waals surface area contributed by atoms with Gasteiger partial charge in [0.25, 0.3) is 5.91 Å². The first-order valence-electron chi connectivity index (χ1n) is 10.1. The maximum absolute atomic E-state index is 12.9. The normalized spacial score (nSPS) is 14.7. The number of piperazine rings is 1. The molecule has 1 N–H and O–H groups in total. The van der Waals surface area contributed by atoms with Crippen LogP contribution in [0.25, 0.3) is 11.3 Å². The molecule has 0 spiro atoms. The highest BCUT2D eigenvalue weighted by atomic mass is 16.5. The average molecular weight is 390 g/mol. The summed E-state index contributed by atoms with van der Waals surface area (Å²) in [6, 6.07) is 20.0. The molecule has 0 atom stereocenters. The highest BCUT2D eigenvalue weighted by molar-refractivity contribution is 5.93. The molecule has 150 valence electrons. The molecule has 2 heterocycles. The molecule has 0 unspecified atom stereocenters. The van der Waals surface area contributed by atoms with Crippen LogP contribution in [0.2, 0.25) is 0 Å². The molecule has 0 aliphatic carbocycles. The first-order valence-corrected chi connectivity index (χ1v) is 10.1. The van der Waals surface area contributed by atoms with Gasteiger partial charge in [-0.25, -0.2) is 0 Å². The molecule has 1 saturated heterocycles. The Morgan fingerprint density at radius 1 is 1.03 bits per heavy atom. The van der Waals surface area contributed by atoms with Gasteiger partial charge in [0.2, 0.25) is 0 Å². The van der Waals surface area contributed by atoms with Gasteiger partial charge in [-0.15, -0.1) is 0 Å². The third-order valence-electron chi connectivity index (χ3n) is 5.18. The number of carbonyl (C=O) groups is 1. The summed E-state index contributed by atoms with van der Waals surface area (Å²) in [5, 5.41) is 7.23. The molecular weight excluding hydrogens is 364 g/mol. The third-order valence-corrected chi connectivity index (χ3v) is 5.18. The lowest BCUT2D eigenvalue weighted by atomic mass is 10.1. The second kappa shape index (κ2) is 8.92. The zero-order chi connectivity index (χ0) is 20.1. The highest BCUT2D eigenvalue weighted by Crippen LogP contribution is 2.22. The topological polar surface area (TPSA) is 61.5 Å². The minimum Gasteiger partial charge on any atom is -0.494 e. The number of H-pyrrole nitrogens is 1. The van der Waals surface area contributed by atoms with Gasteiger partial charge in [0.05, 0.1) is 12.3 Å². The summed E-state index contributed by atoms with van der Waals surface area (Å²) in [6.07, 6.45) is 0. The summed E-state index contributed by atoms with van der Waals surface area (Å²) in [5.41, 5.74) is 3.56. The Bertz CT molecular complexity index is 929. The van der Waals surface area contributed by atoms with Crippen molar-refractivity contribution in [2.24, 2.45) is 0 Å². The van der Waals surface area contributed by atoms with Crippen LogP contribution in [0.4, 0.5) is 0 Å². The maximum atomic E-state index is 12.9. The largest absolute Gasteiger partial charge is 0.494 e. The monoisotopic (exact) mass is 390 g/mol. The zero-order valence-corrected chi connectivity index (χ0v) is 16.7. The van der Waals surface area contributed by atoms with Crippen LogP contribution in [-0.2, 0) is 6.54 Å². The molecule has 1 aliphatic rings. The molecule has 6 heteroatoms. The summed E-state index contributed by atoms with van der Waals surface area (Å²) >= 11 is 0. The summed E-state index contributed by atoms with van der Waals surface area (Å²) in [7, 11) is 0. The van der Waals surface area contributed by atoms with E-state index >= 15 is 0 Å². The Hall–Kier alpha value is -3.12. The minimum atomic E-state index is 0.00838. The van der Waals surface area contributed by atoms with Crippen LogP contribution in [0.1, 0.15) is 23.0 Å². The van der Waals surface area contributed by atoms with Crippen LogP contribution in [0.3, 0.4) is 0 Å². The van der Waals surface area contributed by atoms with Gasteiger partial charge in [-0.3, -0.25) is 14.8 Å². The third kappa shape index (κ3) is 4.66. The van der Waals surface area contributed by atoms with Gasteiger partial charge >= 0.3 is 0 Å². The van der Waals surface area contributed by atoms with E-state index < -0.39 is 0 Å². The van der Waals surface area contributed by atoms with Crippen molar-refractivity contribution in [3.05, 3.63) is 71.9 Å². The smallest absolute Gasteiger partial charge is 0.271 e. The predicted octanol–water partition coefficient (Wildman–Crippen LogP) is 3.43. The molecule has 1 aliphatic heterocycles. The van der Waals surface area contributed by atoms with Gasteiger partial charge in [-0.2, -0.15) is 5.10 Å². The number of nitrogens with zero attached hydrogens (tertiary/aromatic N) is 3. The van der Waals surface area contributed by atoms with E-state index in [1.165, 1.54) is 5.56 Å². The van der Waals surface area contributed by atoms with Crippen molar-refractivity contribution < 1.29 is 9.53 Å². The number of hydrogen-bond acceptors (Lipinski definition) is 4. The van der Waals surface area contributed by atoms with E-state index in [-0.39, 0.29) is 5.91 Å². The van der Waals surface area contributed by atoms with Crippen molar-refractivity contribution in [1.29, 1.82) is 0 Å². The fraction of sp³-hybridized carbons (Fsp3) is 0.304. The molecule has 0 radical (unpaired) electrons. The standard InChI is InChI=1S/C23H26N4O2/c1-2-29-20-10-8-19(9-11-20)21-16-22(25-24-21)23(28)27-14-12-26(13-15-27)17-18-6-4-3-5-7-18/h3-11,16H,2,12-15,17H2,1H3,(H,24,25). The van der Waals surface area contributed by atoms with Gasteiger partial charge in [0.1, 0.15) is 11.4 Å². The van der Waals surface area contributed by atoms with Crippen molar-refractivity contribution >= 4 is 5.91 Å². The lowest BCUT2D eigenvalue weighted by molar-refractivity contribution is 0.0622. The second-order valence-corrected chi connectivity index (χ2v) is 7.18. The number of hydrogen-bond donors (Lipinski definition) is 1. The summed E-state index contributed by atoms with van der Waals surface area (Å²) in [6.45, 7) is 6.72. The molecule has 4 rings (SSSR count). The lowest BCUT2D eigenvalue weighted by Crippen LogP contribution is -2.48. The van der Waals surface area contributed by atoms with Crippen LogP contribution in [0, 0.1) is 0 Å². The predicted molar refractivity (Wildman–Crippen MR) is 113 cm³/mol. The van der Waals surface area contributed by atoms with E-state index in [4.69, 9.17) is 4.74 Å². The van der Waals surface area contributed by atoms with Crippen LogP contribution >= 0.6 is 0 Å². The molecule has 1 amide bonds. The number of aromatic amines is 1. The van der Waals surface area contributed by atoms with E-state index in [0.29, 0.717) is 12.3 Å². The van der Waals surface area contributed by atoms with E-state index in [0.717, 1.165) is 49.7 Å². The number of rotatable bonds is 6. The van der Waals surface area contributed by atoms with E-state index in [1.807, 2.05) is 48.2 Å². The Balaban J connectivity index is 1.34. The molecule has 0 bridgehead atoms. The Morgan fingerprint density at radius 2 is 1.76 bits per heavy atom. The number of amides is 1. The molecule has 0 saturated carbocycles. The molecule has 29 heavy (non-hydrogen) atoms. The number of ether oxygens (including phenoxy) is 1. The number of carbonyl (C=O) groups excluding carboxylic acids is 1. The Labute approximate surface area is 171 Å². The lowest BCUT2D eigenvalue weighted by Gasteiger charge is -2.34. The number of benzene rings is 2. The fourth-order valence-electron chi connectivity index (χ4n) is 3.59. The van der Waals surface area contributed by atoms with Gasteiger partial charge in [0.15, 0.2) is 0 Å². The van der Waals surface area contributed by atoms with Crippen LogP contribution in [0.15, 0.2) is 60.7 Å². The zero-order valence-electron chi connectivity index (χ0n) is 16.7. The van der Waals surface area contributed by atoms with E-state index in [9.17, 15) is 4.79 Å². The molecular formula is C23H26N4O2. The summed E-state index contributed by atoms with van der Waals surface area (Å²) in [4.78, 5) is 17.2. The maximum Gasteiger partial charge on any atom is 0.271 e. The van der Waals surface area contributed by atoms with E-state index in [1.54, 1.807) is 0 Å². The van der Waals surface area contributed by atoms with Gasteiger partial charge in [0, 0.05) is 38.3 Å². The summed E-state index contributed by atoms with van der Waals surface area (Å²) < 4.78 is 5.47. The van der Waals surface area contributed by atoms with Gasteiger partial charge < -0.3 is 9.64 Å². The molecule has 2 aromatic carbocycles. The molecule has 3 aromatic rings. The highest BCUT2D eigenvalue weighted by Gasteiger charge is 2.23. The Kier molecular flexibility index (Phi) is 5.91. The Morgan fingerprint density at radius 3 is 2.45 bits per heavy atom. The average Bonchev–Trinajstić information content (AvgIpc) is 3.26. The van der Waals surface area contributed by atoms with E-state index in [2.05, 4.69) is 39.4 Å². The minimum absolute atomic E-state index is 0.00838. The molecule has 1 fully saturated rings. The SMILES string of the molecule is CCOc1ccc(-c2cc(C(=O)N3CCN(Cc4ccccc4)CC3)[nH]n2)cc1. The molecule has 6 nitrogen and oxygen atoms in total. The van der Waals surface area contributed by atoms with Crippen LogP contribution < -0.4 is 4.74 Å². The number of nitrogens with one attached hydrogen (secondary N) is 1. The van der Waals surface area contributed by atoms with Crippen molar-refractivity contribution in [3.63, 3.8) is 0 Å². The van der Waals surface area contributed by atoms with Crippen molar-refractivity contribution in [2.75, 3.05) is 32.8 Å². The van der Waals surface area contributed by atoms with Crippen molar-refractivity contribution in [2.45, 2.75) is 13.5 Å².